The lowest BCUT2D eigenvalue weighted by Crippen LogP contribution is -1.97. The molecule has 0 spiro atoms. The van der Waals surface area contributed by atoms with Crippen molar-refractivity contribution < 1.29 is 5.11 Å². The topological polar surface area (TPSA) is 68.8 Å². The van der Waals surface area contributed by atoms with E-state index < -0.39 is 0 Å². The van der Waals surface area contributed by atoms with E-state index in [-0.39, 0.29) is 5.75 Å². The molecule has 2 heterocycles. The first-order valence-electron chi connectivity index (χ1n) is 6.96. The average molecular weight is 326 g/mol. The van der Waals surface area contributed by atoms with Crippen molar-refractivity contribution in [3.8, 4) is 22.7 Å². The number of aryl methyl sites for hydroxylation is 1. The summed E-state index contributed by atoms with van der Waals surface area (Å²) < 4.78 is 3.43. The maximum atomic E-state index is 9.68. The Labute approximate surface area is 136 Å². The molecule has 2 aromatic heterocycles. The molecule has 0 radical (unpaired) electrons. The summed E-state index contributed by atoms with van der Waals surface area (Å²) in [5, 5.41) is 22.7. The third kappa shape index (κ3) is 2.24. The van der Waals surface area contributed by atoms with E-state index in [9.17, 15) is 5.11 Å². The molecule has 0 saturated carbocycles. The average Bonchev–Trinajstić information content (AvgIpc) is 3.13. The summed E-state index contributed by atoms with van der Waals surface area (Å²) in [6, 6.07) is 12.6. The molecule has 23 heavy (non-hydrogen) atoms. The van der Waals surface area contributed by atoms with E-state index >= 15 is 0 Å². The predicted molar refractivity (Wildman–Crippen MR) is 87.7 cm³/mol. The summed E-state index contributed by atoms with van der Waals surface area (Å²) in [5.41, 5.74) is 3.95. The van der Waals surface area contributed by atoms with Crippen LogP contribution in [-0.2, 0) is 7.05 Å². The zero-order valence-electron chi connectivity index (χ0n) is 12.2. The van der Waals surface area contributed by atoms with Crippen LogP contribution in [0.5, 0.6) is 5.75 Å². The van der Waals surface area contributed by atoms with Crippen LogP contribution in [0.15, 0.2) is 48.7 Å². The number of phenolic OH excluding ortho intramolecular Hbond substituents is 1. The molecule has 0 bridgehead atoms. The van der Waals surface area contributed by atoms with Gasteiger partial charge in [-0.05, 0) is 30.3 Å². The molecule has 7 heteroatoms. The number of hydrogen-bond acceptors (Lipinski definition) is 4. The molecule has 0 aliphatic rings. The minimum atomic E-state index is 0.167. The van der Waals surface area contributed by atoms with E-state index in [1.807, 2.05) is 31.3 Å². The summed E-state index contributed by atoms with van der Waals surface area (Å²) in [7, 11) is 1.87. The van der Waals surface area contributed by atoms with Crippen molar-refractivity contribution in [2.75, 3.05) is 0 Å². The molecule has 0 atom stereocenters. The number of halogens is 1. The highest BCUT2D eigenvalue weighted by Gasteiger charge is 2.14. The second-order valence-corrected chi connectivity index (χ2v) is 5.59. The van der Waals surface area contributed by atoms with Crippen LogP contribution in [0.25, 0.3) is 28.0 Å². The molecule has 0 saturated heterocycles. The predicted octanol–water partition coefficient (Wildman–Crippen LogP) is 3.18. The molecule has 4 rings (SSSR count). The molecule has 0 amide bonds. The Hall–Kier alpha value is -2.86. The standard InChI is InChI=1S/C16H12ClN5O/c1-21-14(5-6-18-21)10-7-13(17)16-15(8-10)22(20-19-16)11-3-2-4-12(23)9-11/h2-9,23H,1H3. The molecule has 1 N–H and O–H groups in total. The van der Waals surface area contributed by atoms with Crippen LogP contribution >= 0.6 is 11.6 Å². The second kappa shape index (κ2) is 5.10. The summed E-state index contributed by atoms with van der Waals surface area (Å²) in [6.45, 7) is 0. The third-order valence-corrected chi connectivity index (χ3v) is 3.98. The Bertz CT molecular complexity index is 1020. The first kappa shape index (κ1) is 13.8. The zero-order chi connectivity index (χ0) is 16.0. The third-order valence-electron chi connectivity index (χ3n) is 3.70. The van der Waals surface area contributed by atoms with Gasteiger partial charge in [0.05, 0.1) is 21.9 Å². The lowest BCUT2D eigenvalue weighted by molar-refractivity contribution is 0.475. The van der Waals surface area contributed by atoms with Gasteiger partial charge in [0, 0.05) is 24.9 Å². The van der Waals surface area contributed by atoms with Crippen LogP contribution in [0.2, 0.25) is 5.02 Å². The van der Waals surface area contributed by atoms with Gasteiger partial charge in [-0.15, -0.1) is 5.10 Å². The number of rotatable bonds is 2. The smallest absolute Gasteiger partial charge is 0.132 e. The van der Waals surface area contributed by atoms with Crippen molar-refractivity contribution in [2.24, 2.45) is 7.05 Å². The number of phenols is 1. The van der Waals surface area contributed by atoms with Crippen molar-refractivity contribution in [3.63, 3.8) is 0 Å². The fraction of sp³-hybridized carbons (Fsp3) is 0.0625. The first-order valence-corrected chi connectivity index (χ1v) is 7.34. The Morgan fingerprint density at radius 1 is 1.13 bits per heavy atom. The molecule has 0 fully saturated rings. The molecule has 0 aliphatic carbocycles. The van der Waals surface area contributed by atoms with Gasteiger partial charge in [0.2, 0.25) is 0 Å². The highest BCUT2D eigenvalue weighted by molar-refractivity contribution is 6.35. The van der Waals surface area contributed by atoms with Crippen molar-refractivity contribution >= 4 is 22.6 Å². The summed E-state index contributed by atoms with van der Waals surface area (Å²) in [4.78, 5) is 0. The van der Waals surface area contributed by atoms with Gasteiger partial charge in [-0.25, -0.2) is 4.68 Å². The number of nitrogens with zero attached hydrogens (tertiary/aromatic N) is 5. The minimum Gasteiger partial charge on any atom is -0.508 e. The van der Waals surface area contributed by atoms with E-state index in [1.165, 1.54) is 0 Å². The summed E-state index contributed by atoms with van der Waals surface area (Å²) >= 11 is 6.37. The monoisotopic (exact) mass is 325 g/mol. The van der Waals surface area contributed by atoms with Gasteiger partial charge in [-0.1, -0.05) is 22.9 Å². The first-order chi connectivity index (χ1) is 11.1. The maximum Gasteiger partial charge on any atom is 0.132 e. The van der Waals surface area contributed by atoms with Gasteiger partial charge in [-0.2, -0.15) is 5.10 Å². The zero-order valence-corrected chi connectivity index (χ0v) is 12.9. The molecule has 0 aliphatic heterocycles. The lowest BCUT2D eigenvalue weighted by Gasteiger charge is -2.06. The molecular weight excluding hydrogens is 314 g/mol. The van der Waals surface area contributed by atoms with Crippen LogP contribution in [0, 0.1) is 0 Å². The van der Waals surface area contributed by atoms with Crippen molar-refractivity contribution in [2.45, 2.75) is 0 Å². The van der Waals surface area contributed by atoms with Crippen LogP contribution in [0.1, 0.15) is 0 Å². The number of benzene rings is 2. The number of fused-ring (bicyclic) bond motifs is 1. The van der Waals surface area contributed by atoms with Gasteiger partial charge in [-0.3, -0.25) is 4.68 Å². The van der Waals surface area contributed by atoms with E-state index in [0.29, 0.717) is 16.2 Å². The molecule has 4 aromatic rings. The molecule has 6 nitrogen and oxygen atoms in total. The van der Waals surface area contributed by atoms with Gasteiger partial charge in [0.1, 0.15) is 11.3 Å². The van der Waals surface area contributed by atoms with E-state index in [4.69, 9.17) is 11.6 Å². The van der Waals surface area contributed by atoms with Crippen LogP contribution < -0.4 is 0 Å². The number of hydrogen-bond donors (Lipinski definition) is 1. The Balaban J connectivity index is 1.98. The largest absolute Gasteiger partial charge is 0.508 e. The summed E-state index contributed by atoms with van der Waals surface area (Å²) in [6.07, 6.45) is 1.73. The quantitative estimate of drug-likeness (QED) is 0.614. The molecular formula is C16H12ClN5O. The fourth-order valence-electron chi connectivity index (χ4n) is 2.60. The SMILES string of the molecule is Cn1nccc1-c1cc(Cl)c2nnn(-c3cccc(O)c3)c2c1. The van der Waals surface area contributed by atoms with Crippen LogP contribution in [0.4, 0.5) is 0 Å². The van der Waals surface area contributed by atoms with Crippen LogP contribution in [-0.4, -0.2) is 29.9 Å². The highest BCUT2D eigenvalue weighted by atomic mass is 35.5. The normalized spacial score (nSPS) is 11.2. The number of aromatic nitrogens is 5. The molecule has 114 valence electrons. The van der Waals surface area contributed by atoms with E-state index in [2.05, 4.69) is 15.4 Å². The van der Waals surface area contributed by atoms with Gasteiger partial charge < -0.3 is 5.11 Å². The van der Waals surface area contributed by atoms with Gasteiger partial charge in [0.15, 0.2) is 0 Å². The second-order valence-electron chi connectivity index (χ2n) is 5.19. The van der Waals surface area contributed by atoms with Gasteiger partial charge in [0.25, 0.3) is 0 Å². The van der Waals surface area contributed by atoms with Crippen molar-refractivity contribution in [3.05, 3.63) is 53.7 Å². The van der Waals surface area contributed by atoms with E-state index in [1.54, 1.807) is 33.8 Å². The Kier molecular flexibility index (Phi) is 3.06. The maximum absolute atomic E-state index is 9.68. The van der Waals surface area contributed by atoms with Gasteiger partial charge >= 0.3 is 0 Å². The molecule has 2 aromatic carbocycles. The van der Waals surface area contributed by atoms with Crippen molar-refractivity contribution in [1.29, 1.82) is 0 Å². The van der Waals surface area contributed by atoms with E-state index in [0.717, 1.165) is 16.8 Å². The lowest BCUT2D eigenvalue weighted by atomic mass is 10.1. The Morgan fingerprint density at radius 2 is 2.00 bits per heavy atom. The number of aromatic hydroxyl groups is 1. The fourth-order valence-corrected chi connectivity index (χ4v) is 2.86. The highest BCUT2D eigenvalue weighted by Crippen LogP contribution is 2.30. The summed E-state index contributed by atoms with van der Waals surface area (Å²) in [5.74, 6) is 0.167. The molecule has 0 unspecified atom stereocenters. The van der Waals surface area contributed by atoms with Crippen LogP contribution in [0.3, 0.4) is 0 Å². The minimum absolute atomic E-state index is 0.167. The van der Waals surface area contributed by atoms with Crippen molar-refractivity contribution in [1.82, 2.24) is 24.8 Å². The Morgan fingerprint density at radius 3 is 2.74 bits per heavy atom.